The molecule has 2 heterocycles. The normalized spacial score (nSPS) is 12.0. The van der Waals surface area contributed by atoms with Gasteiger partial charge in [0.05, 0.1) is 5.52 Å². The number of hydrogen-bond donors (Lipinski definition) is 1. The van der Waals surface area contributed by atoms with Crippen LogP contribution in [0.1, 0.15) is 37.4 Å². The minimum Gasteiger partial charge on any atom is -0.354 e. The Morgan fingerprint density at radius 1 is 1.08 bits per heavy atom. The van der Waals surface area contributed by atoms with E-state index in [4.69, 9.17) is 0 Å². The van der Waals surface area contributed by atoms with E-state index in [0.717, 1.165) is 6.42 Å². The van der Waals surface area contributed by atoms with E-state index in [1.807, 2.05) is 18.2 Å². The molecule has 8 nitrogen and oxygen atoms in total. The van der Waals surface area contributed by atoms with E-state index < -0.39 is 17.8 Å². The Kier molecular flexibility index (Phi) is 7.68. The number of carbonyl (C=O) groups is 2. The molecule has 0 spiro atoms. The van der Waals surface area contributed by atoms with Gasteiger partial charge in [-0.3, -0.25) is 19.5 Å². The van der Waals surface area contributed by atoms with Crippen LogP contribution in [0, 0.1) is 18.7 Å². The van der Waals surface area contributed by atoms with Crippen molar-refractivity contribution < 1.29 is 14.0 Å². The Morgan fingerprint density at radius 2 is 1.83 bits per heavy atom. The molecule has 1 N–H and O–H groups in total. The number of benzene rings is 2. The Labute approximate surface area is 209 Å². The third-order valence-electron chi connectivity index (χ3n) is 5.96. The molecular weight excluding hydrogens is 459 g/mol. The number of carbonyl (C=O) groups excluding carboxylic acids is 2. The summed E-state index contributed by atoms with van der Waals surface area (Å²) < 4.78 is 16.2. The molecule has 9 heteroatoms. The molecule has 0 bridgehead atoms. The van der Waals surface area contributed by atoms with Crippen LogP contribution >= 0.6 is 0 Å². The molecular formula is C27H29FN6O2. The fourth-order valence-electron chi connectivity index (χ4n) is 3.95. The van der Waals surface area contributed by atoms with Gasteiger partial charge in [0.25, 0.3) is 0 Å². The molecule has 0 aliphatic carbocycles. The van der Waals surface area contributed by atoms with Gasteiger partial charge in [0.1, 0.15) is 23.9 Å². The SMILES string of the molecule is Cc1ccc(N(C(=O)Cn2nnc3ccccc32)[C@H](C(=O)NCCC(C)C)c2ccncc2)cc1F. The van der Waals surface area contributed by atoms with Gasteiger partial charge in [-0.2, -0.15) is 0 Å². The Morgan fingerprint density at radius 3 is 2.56 bits per heavy atom. The number of rotatable bonds is 9. The van der Waals surface area contributed by atoms with Gasteiger partial charge in [0.15, 0.2) is 0 Å². The number of hydrogen-bond acceptors (Lipinski definition) is 5. The summed E-state index contributed by atoms with van der Waals surface area (Å²) in [7, 11) is 0. The predicted molar refractivity (Wildman–Crippen MR) is 136 cm³/mol. The lowest BCUT2D eigenvalue weighted by Gasteiger charge is -2.31. The van der Waals surface area contributed by atoms with Gasteiger partial charge in [0.2, 0.25) is 11.8 Å². The molecule has 0 saturated heterocycles. The highest BCUT2D eigenvalue weighted by Gasteiger charge is 2.33. The summed E-state index contributed by atoms with van der Waals surface area (Å²) >= 11 is 0. The molecule has 186 valence electrons. The number of para-hydroxylation sites is 1. The third-order valence-corrected chi connectivity index (χ3v) is 5.96. The zero-order valence-electron chi connectivity index (χ0n) is 20.6. The second-order valence-corrected chi connectivity index (χ2v) is 9.09. The Bertz CT molecular complexity index is 1350. The largest absolute Gasteiger partial charge is 0.354 e. The number of amides is 2. The highest BCUT2D eigenvalue weighted by Crippen LogP contribution is 2.30. The molecule has 4 rings (SSSR count). The maximum absolute atomic E-state index is 14.7. The average Bonchev–Trinajstić information content (AvgIpc) is 3.27. The van der Waals surface area contributed by atoms with Gasteiger partial charge in [-0.05, 0) is 66.8 Å². The maximum Gasteiger partial charge on any atom is 0.249 e. The Balaban J connectivity index is 1.77. The van der Waals surface area contributed by atoms with Crippen LogP contribution in [0.15, 0.2) is 67.0 Å². The molecule has 0 unspecified atom stereocenters. The van der Waals surface area contributed by atoms with Crippen LogP contribution < -0.4 is 10.2 Å². The van der Waals surface area contributed by atoms with Crippen LogP contribution in [0.2, 0.25) is 0 Å². The standard InChI is InChI=1S/C27H29FN6O2/c1-18(2)10-15-30-27(36)26(20-11-13-29-14-12-20)34(21-9-8-19(3)22(28)16-21)25(35)17-33-24-7-5-4-6-23(24)31-32-33/h4-9,11-14,16,18,26H,10,15,17H2,1-3H3,(H,30,36)/t26-/m0/s1. The summed E-state index contributed by atoms with van der Waals surface area (Å²) in [6.07, 6.45) is 3.91. The first-order valence-electron chi connectivity index (χ1n) is 11.9. The van der Waals surface area contributed by atoms with E-state index in [-0.39, 0.29) is 18.1 Å². The van der Waals surface area contributed by atoms with Gasteiger partial charge >= 0.3 is 0 Å². The minimum absolute atomic E-state index is 0.184. The number of aryl methyl sites for hydroxylation is 1. The van der Waals surface area contributed by atoms with Crippen LogP contribution in [0.3, 0.4) is 0 Å². The average molecular weight is 489 g/mol. The maximum atomic E-state index is 14.7. The summed E-state index contributed by atoms with van der Waals surface area (Å²) in [5.74, 6) is -0.867. The van der Waals surface area contributed by atoms with E-state index in [1.165, 1.54) is 15.6 Å². The van der Waals surface area contributed by atoms with Crippen molar-refractivity contribution in [2.24, 2.45) is 5.92 Å². The number of nitrogens with one attached hydrogen (secondary N) is 1. The van der Waals surface area contributed by atoms with E-state index in [1.54, 1.807) is 49.6 Å². The lowest BCUT2D eigenvalue weighted by molar-refractivity contribution is -0.127. The van der Waals surface area contributed by atoms with Crippen molar-refractivity contribution in [2.45, 2.75) is 39.8 Å². The van der Waals surface area contributed by atoms with E-state index in [9.17, 15) is 14.0 Å². The topological polar surface area (TPSA) is 93.0 Å². The van der Waals surface area contributed by atoms with Crippen molar-refractivity contribution in [2.75, 3.05) is 11.4 Å². The quantitative estimate of drug-likeness (QED) is 0.381. The van der Waals surface area contributed by atoms with Crippen molar-refractivity contribution in [1.29, 1.82) is 0 Å². The van der Waals surface area contributed by atoms with E-state index in [2.05, 4.69) is 34.5 Å². The van der Waals surface area contributed by atoms with E-state index >= 15 is 0 Å². The number of aromatic nitrogens is 4. The minimum atomic E-state index is -1.04. The number of halogens is 1. The van der Waals surface area contributed by atoms with Gasteiger partial charge in [-0.15, -0.1) is 5.10 Å². The number of fused-ring (bicyclic) bond motifs is 1. The Hall–Kier alpha value is -4.14. The fourth-order valence-corrected chi connectivity index (χ4v) is 3.95. The van der Waals surface area contributed by atoms with Crippen LogP contribution in [0.4, 0.5) is 10.1 Å². The fraction of sp³-hybridized carbons (Fsp3) is 0.296. The molecule has 2 aromatic heterocycles. The van der Waals surface area contributed by atoms with Gasteiger partial charge in [-0.25, -0.2) is 9.07 Å². The number of anilines is 1. The monoisotopic (exact) mass is 488 g/mol. The molecule has 0 aliphatic rings. The van der Waals surface area contributed by atoms with Gasteiger partial charge < -0.3 is 5.32 Å². The summed E-state index contributed by atoms with van der Waals surface area (Å²) in [6, 6.07) is 14.1. The summed E-state index contributed by atoms with van der Waals surface area (Å²) in [4.78, 5) is 32.8. The van der Waals surface area contributed by atoms with Gasteiger partial charge in [0, 0.05) is 24.6 Å². The molecule has 0 fully saturated rings. The second kappa shape index (κ2) is 11.1. The molecule has 0 saturated carbocycles. The van der Waals surface area contributed by atoms with Crippen LogP contribution in [-0.2, 0) is 16.1 Å². The number of nitrogens with zero attached hydrogens (tertiary/aromatic N) is 5. The van der Waals surface area contributed by atoms with Gasteiger partial charge in [-0.1, -0.05) is 37.3 Å². The number of pyridine rings is 1. The van der Waals surface area contributed by atoms with Crippen molar-refractivity contribution in [3.05, 3.63) is 83.9 Å². The lowest BCUT2D eigenvalue weighted by Crippen LogP contribution is -2.45. The molecule has 1 atom stereocenters. The van der Waals surface area contributed by atoms with Crippen molar-refractivity contribution in [1.82, 2.24) is 25.3 Å². The second-order valence-electron chi connectivity index (χ2n) is 9.09. The van der Waals surface area contributed by atoms with E-state index in [0.29, 0.717) is 34.6 Å². The summed E-state index contributed by atoms with van der Waals surface area (Å²) in [5, 5.41) is 11.2. The van der Waals surface area contributed by atoms with Crippen LogP contribution in [0.5, 0.6) is 0 Å². The zero-order chi connectivity index (χ0) is 25.7. The summed E-state index contributed by atoms with van der Waals surface area (Å²) in [5.41, 5.74) is 2.60. The molecule has 2 amide bonds. The van der Waals surface area contributed by atoms with Crippen molar-refractivity contribution in [3.8, 4) is 0 Å². The third kappa shape index (κ3) is 5.56. The lowest BCUT2D eigenvalue weighted by atomic mass is 10.0. The molecule has 0 radical (unpaired) electrons. The molecule has 2 aromatic carbocycles. The van der Waals surface area contributed by atoms with Crippen LogP contribution in [-0.4, -0.2) is 38.3 Å². The van der Waals surface area contributed by atoms with Crippen molar-refractivity contribution in [3.63, 3.8) is 0 Å². The van der Waals surface area contributed by atoms with Crippen LogP contribution in [0.25, 0.3) is 11.0 Å². The summed E-state index contributed by atoms with van der Waals surface area (Å²) in [6.45, 7) is 6.05. The molecule has 36 heavy (non-hydrogen) atoms. The van der Waals surface area contributed by atoms with Crippen molar-refractivity contribution >= 4 is 28.5 Å². The molecule has 4 aromatic rings. The smallest absolute Gasteiger partial charge is 0.249 e. The zero-order valence-corrected chi connectivity index (χ0v) is 20.6. The first kappa shape index (κ1) is 25.0. The molecule has 0 aliphatic heterocycles. The first-order chi connectivity index (χ1) is 17.3. The first-order valence-corrected chi connectivity index (χ1v) is 11.9. The highest BCUT2D eigenvalue weighted by atomic mass is 19.1. The predicted octanol–water partition coefficient (Wildman–Crippen LogP) is 4.21. The highest BCUT2D eigenvalue weighted by molar-refractivity contribution is 6.01.